The summed E-state index contributed by atoms with van der Waals surface area (Å²) in [6.45, 7) is 4.62. The van der Waals surface area contributed by atoms with Gasteiger partial charge in [-0.3, -0.25) is 14.5 Å². The van der Waals surface area contributed by atoms with E-state index in [1.807, 2.05) is 30.3 Å². The molecule has 0 aromatic heterocycles. The third-order valence-electron chi connectivity index (χ3n) is 8.91. The first-order valence-electron chi connectivity index (χ1n) is 14.8. The number of ketones is 1. The van der Waals surface area contributed by atoms with Crippen molar-refractivity contribution in [2.75, 3.05) is 26.2 Å². The molecule has 2 aliphatic heterocycles. The summed E-state index contributed by atoms with van der Waals surface area (Å²) in [6, 6.07) is 18.1. The minimum Gasteiger partial charge on any atom is -0.493 e. The number of carbonyl (C=O) groups is 2. The lowest BCUT2D eigenvalue weighted by Crippen LogP contribution is -2.58. The van der Waals surface area contributed by atoms with E-state index in [9.17, 15) is 14.7 Å². The molecule has 1 aliphatic carbocycles. The molecule has 6 rings (SSSR count). The molecule has 3 aromatic rings. The van der Waals surface area contributed by atoms with Gasteiger partial charge in [-0.05, 0) is 78.6 Å². The number of nitrogens with zero attached hydrogens (tertiary/aromatic N) is 1. The van der Waals surface area contributed by atoms with E-state index in [0.717, 1.165) is 42.6 Å². The van der Waals surface area contributed by atoms with Crippen molar-refractivity contribution < 1.29 is 23.8 Å². The number of halogens is 3. The van der Waals surface area contributed by atoms with Crippen molar-refractivity contribution in [3.05, 3.63) is 98.8 Å². The zero-order chi connectivity index (χ0) is 30.3. The highest BCUT2D eigenvalue weighted by Gasteiger charge is 2.44. The normalized spacial score (nSPS) is 22.1. The lowest BCUT2D eigenvalue weighted by atomic mass is 9.79. The number of ether oxygens (including phenoxy) is 1. The van der Waals surface area contributed by atoms with E-state index in [4.69, 9.17) is 27.9 Å². The average molecular weight is 626 g/mol. The molecule has 43 heavy (non-hydrogen) atoms. The molecule has 0 unspecified atom stereocenters. The molecule has 2 heterocycles. The van der Waals surface area contributed by atoms with Crippen molar-refractivity contribution in [3.8, 4) is 5.75 Å². The quantitative estimate of drug-likeness (QED) is 0.221. The van der Waals surface area contributed by atoms with Crippen molar-refractivity contribution >= 4 is 35.0 Å². The van der Waals surface area contributed by atoms with Crippen molar-refractivity contribution in [1.82, 2.24) is 10.2 Å². The van der Waals surface area contributed by atoms with E-state index >= 15 is 4.39 Å². The van der Waals surface area contributed by atoms with Gasteiger partial charge in [-0.25, -0.2) is 4.39 Å². The average Bonchev–Trinajstić information content (AvgIpc) is 3.68. The maximum absolute atomic E-state index is 15.4. The molecular weight excluding hydrogens is 590 g/mol. The molecule has 1 saturated carbocycles. The molecule has 0 bridgehead atoms. The molecular formula is C34H35Cl2FN2O4. The van der Waals surface area contributed by atoms with Gasteiger partial charge in [0.1, 0.15) is 17.6 Å². The number of hydrogen-bond acceptors (Lipinski definition) is 5. The first kappa shape index (κ1) is 30.1. The fraction of sp³-hybridized carbons (Fsp3) is 0.412. The number of carbonyl (C=O) groups excluding carboxylic acids is 1. The maximum Gasteiger partial charge on any atom is 0.320 e. The first-order valence-corrected chi connectivity index (χ1v) is 15.6. The number of benzene rings is 3. The summed E-state index contributed by atoms with van der Waals surface area (Å²) in [6.07, 6.45) is 2.51. The SMILES string of the molecule is CC1(COc2cc(F)c(C(=O)C[C@@H]3CCN[C@@H]3C(=O)O)cc2C2CC2)CN([C@@H](c2ccccc2)c2cc(Cl)cc(Cl)c2)C1. The highest BCUT2D eigenvalue weighted by Crippen LogP contribution is 2.47. The standard InChI is InChI=1S/C34H35Cl2FN2O4/c1-34(17-39(18-34)32(21-5-3-2-4-6-21)23-11-24(35)14-25(36)12-23)19-43-30-16-28(37)27(15-26(30)20-7-8-20)29(40)13-22-9-10-38-31(22)33(41)42/h2-6,11-12,14-16,20,22,31-32,38H,7-10,13,17-19H2,1H3,(H,41,42)/t22-,31-,32-/m0/s1. The van der Waals surface area contributed by atoms with Crippen LogP contribution in [0.15, 0.2) is 60.7 Å². The molecule has 0 spiro atoms. The molecule has 3 atom stereocenters. The van der Waals surface area contributed by atoms with Crippen LogP contribution in [0.1, 0.15) is 71.6 Å². The van der Waals surface area contributed by atoms with Crippen molar-refractivity contribution in [2.24, 2.45) is 11.3 Å². The highest BCUT2D eigenvalue weighted by atomic mass is 35.5. The molecule has 9 heteroatoms. The fourth-order valence-electron chi connectivity index (χ4n) is 6.68. The summed E-state index contributed by atoms with van der Waals surface area (Å²) in [5, 5.41) is 13.5. The van der Waals surface area contributed by atoms with Gasteiger partial charge in [-0.15, -0.1) is 0 Å². The molecule has 3 aliphatic rings. The van der Waals surface area contributed by atoms with Crippen molar-refractivity contribution in [2.45, 2.75) is 50.6 Å². The summed E-state index contributed by atoms with van der Waals surface area (Å²) < 4.78 is 21.7. The van der Waals surface area contributed by atoms with Crippen LogP contribution in [0.4, 0.5) is 4.39 Å². The minimum absolute atomic E-state index is 0.000474. The van der Waals surface area contributed by atoms with Crippen molar-refractivity contribution in [3.63, 3.8) is 0 Å². The Kier molecular flexibility index (Phi) is 8.53. The molecule has 2 N–H and O–H groups in total. The topological polar surface area (TPSA) is 78.9 Å². The van der Waals surface area contributed by atoms with Crippen molar-refractivity contribution in [1.29, 1.82) is 0 Å². The molecule has 3 aromatic carbocycles. The van der Waals surface area contributed by atoms with Gasteiger partial charge in [-0.1, -0.05) is 60.5 Å². The Hall–Kier alpha value is -2.97. The largest absolute Gasteiger partial charge is 0.493 e. The first-order chi connectivity index (χ1) is 20.6. The Labute approximate surface area is 261 Å². The molecule has 226 valence electrons. The minimum atomic E-state index is -0.979. The second-order valence-electron chi connectivity index (χ2n) is 12.6. The highest BCUT2D eigenvalue weighted by molar-refractivity contribution is 6.34. The van der Waals surface area contributed by atoms with Crippen LogP contribution in [-0.2, 0) is 4.79 Å². The number of carboxylic acid groups (broad SMARTS) is 1. The molecule has 6 nitrogen and oxygen atoms in total. The predicted molar refractivity (Wildman–Crippen MR) is 165 cm³/mol. The summed E-state index contributed by atoms with van der Waals surface area (Å²) >= 11 is 12.7. The summed E-state index contributed by atoms with van der Waals surface area (Å²) in [4.78, 5) is 27.0. The van der Waals surface area contributed by atoms with E-state index in [-0.39, 0.29) is 41.1 Å². The number of Topliss-reactive ketones (excluding diaryl/α,β-unsaturated/α-hetero) is 1. The van der Waals surface area contributed by atoms with Crippen LogP contribution < -0.4 is 10.1 Å². The van der Waals surface area contributed by atoms with Crippen LogP contribution in [0.5, 0.6) is 5.75 Å². The Morgan fingerprint density at radius 1 is 1.05 bits per heavy atom. The monoisotopic (exact) mass is 624 g/mol. The van der Waals surface area contributed by atoms with Gasteiger partial charge in [-0.2, -0.15) is 0 Å². The fourth-order valence-corrected chi connectivity index (χ4v) is 7.22. The van der Waals surface area contributed by atoms with Crippen LogP contribution >= 0.6 is 23.2 Å². The second-order valence-corrected chi connectivity index (χ2v) is 13.5. The number of hydrogen-bond donors (Lipinski definition) is 2. The van der Waals surface area contributed by atoms with E-state index in [1.165, 1.54) is 6.07 Å². The smallest absolute Gasteiger partial charge is 0.320 e. The Morgan fingerprint density at radius 3 is 2.40 bits per heavy atom. The second kappa shape index (κ2) is 12.2. The van der Waals surface area contributed by atoms with Gasteiger partial charge in [0, 0.05) is 41.0 Å². The van der Waals surface area contributed by atoms with E-state index in [1.54, 1.807) is 12.1 Å². The Balaban J connectivity index is 1.16. The third-order valence-corrected chi connectivity index (χ3v) is 9.34. The molecule has 2 saturated heterocycles. The predicted octanol–water partition coefficient (Wildman–Crippen LogP) is 7.14. The summed E-state index contributed by atoms with van der Waals surface area (Å²) in [5.74, 6) is -1.59. The number of nitrogens with one attached hydrogen (secondary N) is 1. The summed E-state index contributed by atoms with van der Waals surface area (Å²) in [7, 11) is 0. The zero-order valence-corrected chi connectivity index (χ0v) is 25.5. The maximum atomic E-state index is 15.4. The van der Waals surface area contributed by atoms with Gasteiger partial charge in [0.05, 0.1) is 18.2 Å². The van der Waals surface area contributed by atoms with E-state index in [2.05, 4.69) is 29.3 Å². The van der Waals surface area contributed by atoms with Gasteiger partial charge < -0.3 is 15.2 Å². The third kappa shape index (κ3) is 6.60. The number of carboxylic acids is 1. The zero-order valence-electron chi connectivity index (χ0n) is 24.0. The molecule has 0 amide bonds. The van der Waals surface area contributed by atoms with Gasteiger partial charge in [0.25, 0.3) is 0 Å². The van der Waals surface area contributed by atoms with Gasteiger partial charge in [0.2, 0.25) is 0 Å². The number of rotatable bonds is 11. The van der Waals surface area contributed by atoms with Gasteiger partial charge >= 0.3 is 5.97 Å². The summed E-state index contributed by atoms with van der Waals surface area (Å²) in [5.41, 5.74) is 2.89. The lowest BCUT2D eigenvalue weighted by molar-refractivity contribution is -0.140. The van der Waals surface area contributed by atoms with Gasteiger partial charge in [0.15, 0.2) is 5.78 Å². The van der Waals surface area contributed by atoms with Crippen LogP contribution in [0.2, 0.25) is 10.0 Å². The van der Waals surface area contributed by atoms with Crippen LogP contribution in [0.25, 0.3) is 0 Å². The number of likely N-dealkylation sites (tertiary alicyclic amines) is 1. The number of aliphatic carboxylic acids is 1. The Morgan fingerprint density at radius 2 is 1.74 bits per heavy atom. The molecule has 3 fully saturated rings. The van der Waals surface area contributed by atoms with Crippen LogP contribution in [-0.4, -0.2) is 54.0 Å². The molecule has 0 radical (unpaired) electrons. The van der Waals surface area contributed by atoms with E-state index in [0.29, 0.717) is 35.4 Å². The van der Waals surface area contributed by atoms with Crippen LogP contribution in [0.3, 0.4) is 0 Å². The van der Waals surface area contributed by atoms with E-state index < -0.39 is 17.8 Å². The van der Waals surface area contributed by atoms with Crippen LogP contribution in [0, 0.1) is 17.2 Å². The Bertz CT molecular complexity index is 1500. The lowest BCUT2D eigenvalue weighted by Gasteiger charge is -2.51.